The zero-order valence-electron chi connectivity index (χ0n) is 9.05. The van der Waals surface area contributed by atoms with E-state index in [9.17, 15) is 9.90 Å². The van der Waals surface area contributed by atoms with Gasteiger partial charge in [-0.25, -0.2) is 0 Å². The number of benzene rings is 1. The van der Waals surface area contributed by atoms with Gasteiger partial charge in [-0.1, -0.05) is 41.4 Å². The van der Waals surface area contributed by atoms with E-state index in [4.69, 9.17) is 23.2 Å². The Labute approximate surface area is 104 Å². The lowest BCUT2D eigenvalue weighted by molar-refractivity contribution is -0.140. The normalized spacial score (nSPS) is 26.5. The lowest BCUT2D eigenvalue weighted by Gasteiger charge is -2.15. The van der Waals surface area contributed by atoms with Crippen LogP contribution in [0.3, 0.4) is 0 Å². The van der Waals surface area contributed by atoms with Crippen LogP contribution >= 0.6 is 23.2 Å². The highest BCUT2D eigenvalue weighted by Gasteiger charge is 2.72. The molecule has 1 fully saturated rings. The van der Waals surface area contributed by atoms with Gasteiger partial charge < -0.3 is 5.11 Å². The van der Waals surface area contributed by atoms with Gasteiger partial charge in [0.15, 0.2) is 0 Å². The van der Waals surface area contributed by atoms with Crippen LogP contribution in [0.15, 0.2) is 18.2 Å². The van der Waals surface area contributed by atoms with Gasteiger partial charge in [0.1, 0.15) is 9.75 Å². The van der Waals surface area contributed by atoms with Crippen molar-refractivity contribution in [3.63, 3.8) is 0 Å². The van der Waals surface area contributed by atoms with Crippen LogP contribution in [0.5, 0.6) is 0 Å². The molecule has 2 nitrogen and oxygen atoms in total. The lowest BCUT2D eigenvalue weighted by atomic mass is 9.93. The number of aliphatic carboxylic acids is 1. The lowest BCUT2D eigenvalue weighted by Crippen LogP contribution is -2.26. The fourth-order valence-electron chi connectivity index (χ4n) is 1.96. The van der Waals surface area contributed by atoms with Crippen molar-refractivity contribution in [1.82, 2.24) is 0 Å². The van der Waals surface area contributed by atoms with Crippen LogP contribution in [0.25, 0.3) is 0 Å². The third-order valence-corrected chi connectivity index (χ3v) is 4.26. The average Bonchev–Trinajstić information content (AvgIpc) is 2.75. The number of alkyl halides is 2. The van der Waals surface area contributed by atoms with Crippen molar-refractivity contribution in [2.24, 2.45) is 0 Å². The molecule has 0 heterocycles. The van der Waals surface area contributed by atoms with E-state index in [1.54, 1.807) is 6.07 Å². The Balaban J connectivity index is 2.51. The highest BCUT2D eigenvalue weighted by atomic mass is 35.5. The minimum absolute atomic E-state index is 0.265. The average molecular weight is 259 g/mol. The van der Waals surface area contributed by atoms with Gasteiger partial charge in [-0.2, -0.15) is 0 Å². The maximum Gasteiger partial charge on any atom is 0.317 e. The van der Waals surface area contributed by atoms with Crippen molar-refractivity contribution >= 4 is 29.2 Å². The molecule has 0 amide bonds. The summed E-state index contributed by atoms with van der Waals surface area (Å²) < 4.78 is -1.18. The highest BCUT2D eigenvalue weighted by molar-refractivity contribution is 6.54. The number of hydrogen-bond acceptors (Lipinski definition) is 1. The summed E-state index contributed by atoms with van der Waals surface area (Å²) in [4.78, 5) is 11.3. The summed E-state index contributed by atoms with van der Waals surface area (Å²) in [6.07, 6.45) is 0.265. The summed E-state index contributed by atoms with van der Waals surface area (Å²) in [6.45, 7) is 3.93. The van der Waals surface area contributed by atoms with Gasteiger partial charge in [0.25, 0.3) is 0 Å². The molecule has 4 heteroatoms. The van der Waals surface area contributed by atoms with Gasteiger partial charge in [-0.3, -0.25) is 4.79 Å². The van der Waals surface area contributed by atoms with Crippen LogP contribution < -0.4 is 0 Å². The Hall–Kier alpha value is -0.730. The minimum Gasteiger partial charge on any atom is -0.480 e. The molecule has 1 atom stereocenters. The number of rotatable bonds is 2. The molecule has 1 aliphatic rings. The molecule has 0 bridgehead atoms. The van der Waals surface area contributed by atoms with E-state index in [0.29, 0.717) is 5.56 Å². The monoisotopic (exact) mass is 258 g/mol. The fourth-order valence-corrected chi connectivity index (χ4v) is 2.75. The van der Waals surface area contributed by atoms with Crippen LogP contribution in [0, 0.1) is 13.8 Å². The molecule has 1 aliphatic carbocycles. The van der Waals surface area contributed by atoms with Crippen molar-refractivity contribution in [2.45, 2.75) is 30.0 Å². The second-order valence-electron chi connectivity index (χ2n) is 4.39. The van der Waals surface area contributed by atoms with Crippen molar-refractivity contribution in [3.05, 3.63) is 34.9 Å². The van der Waals surface area contributed by atoms with Gasteiger partial charge in [0, 0.05) is 6.42 Å². The number of halogens is 2. The predicted octanol–water partition coefficient (Wildman–Crippen LogP) is 3.20. The summed E-state index contributed by atoms with van der Waals surface area (Å²) in [5.74, 6) is -0.958. The Kier molecular flexibility index (Phi) is 2.48. The van der Waals surface area contributed by atoms with Gasteiger partial charge >= 0.3 is 5.97 Å². The van der Waals surface area contributed by atoms with Gasteiger partial charge in [-0.15, -0.1) is 0 Å². The van der Waals surface area contributed by atoms with Crippen LogP contribution in [0.1, 0.15) is 23.1 Å². The van der Waals surface area contributed by atoms with E-state index in [1.807, 2.05) is 26.0 Å². The van der Waals surface area contributed by atoms with Crippen molar-refractivity contribution in [2.75, 3.05) is 0 Å². The zero-order chi connectivity index (χ0) is 12.1. The molecule has 0 aliphatic heterocycles. The number of aryl methyl sites for hydroxylation is 2. The molecule has 2 rings (SSSR count). The maximum absolute atomic E-state index is 11.3. The Morgan fingerprint density at radius 1 is 1.31 bits per heavy atom. The predicted molar refractivity (Wildman–Crippen MR) is 64.3 cm³/mol. The van der Waals surface area contributed by atoms with E-state index in [2.05, 4.69) is 0 Å². The quantitative estimate of drug-likeness (QED) is 0.828. The molecule has 1 aromatic carbocycles. The first-order valence-electron chi connectivity index (χ1n) is 5.00. The maximum atomic E-state index is 11.3. The second kappa shape index (κ2) is 3.38. The molecule has 0 spiro atoms. The Morgan fingerprint density at radius 2 is 1.88 bits per heavy atom. The molecule has 0 aromatic heterocycles. The molecule has 1 unspecified atom stereocenters. The summed E-state index contributed by atoms with van der Waals surface area (Å²) in [5, 5.41) is 9.28. The van der Waals surface area contributed by atoms with E-state index in [-0.39, 0.29) is 6.42 Å². The molecule has 86 valence electrons. The smallest absolute Gasteiger partial charge is 0.317 e. The third kappa shape index (κ3) is 1.44. The van der Waals surface area contributed by atoms with Crippen LogP contribution in [-0.4, -0.2) is 15.4 Å². The highest BCUT2D eigenvalue weighted by Crippen LogP contribution is 2.65. The SMILES string of the molecule is Cc1ccc(C2(C(=O)O)CC2(Cl)Cl)cc1C. The van der Waals surface area contributed by atoms with Crippen molar-refractivity contribution in [1.29, 1.82) is 0 Å². The van der Waals surface area contributed by atoms with Crippen molar-refractivity contribution in [3.8, 4) is 0 Å². The third-order valence-electron chi connectivity index (χ3n) is 3.35. The Bertz CT molecular complexity index is 468. The van der Waals surface area contributed by atoms with Crippen LogP contribution in [0.2, 0.25) is 0 Å². The number of carboxylic acid groups (broad SMARTS) is 1. The first kappa shape index (κ1) is 11.7. The summed E-state index contributed by atoms with van der Waals surface area (Å²) in [5.41, 5.74) is 1.73. The number of carbonyl (C=O) groups is 1. The fraction of sp³-hybridized carbons (Fsp3) is 0.417. The van der Waals surface area contributed by atoms with E-state index in [0.717, 1.165) is 11.1 Å². The van der Waals surface area contributed by atoms with Crippen LogP contribution in [0.4, 0.5) is 0 Å². The molecular formula is C12H12Cl2O2. The van der Waals surface area contributed by atoms with Gasteiger partial charge in [0.05, 0.1) is 0 Å². The summed E-state index contributed by atoms with van der Waals surface area (Å²) in [7, 11) is 0. The first-order chi connectivity index (χ1) is 7.31. The van der Waals surface area contributed by atoms with Crippen molar-refractivity contribution < 1.29 is 9.90 Å². The van der Waals surface area contributed by atoms with Gasteiger partial charge in [0.2, 0.25) is 0 Å². The topological polar surface area (TPSA) is 37.3 Å². The molecule has 1 aromatic rings. The minimum atomic E-state index is -1.18. The molecule has 16 heavy (non-hydrogen) atoms. The van der Waals surface area contributed by atoms with Crippen LogP contribution in [-0.2, 0) is 10.2 Å². The number of hydrogen-bond donors (Lipinski definition) is 1. The van der Waals surface area contributed by atoms with E-state index in [1.165, 1.54) is 0 Å². The van der Waals surface area contributed by atoms with E-state index < -0.39 is 15.7 Å². The first-order valence-corrected chi connectivity index (χ1v) is 5.76. The summed E-state index contributed by atoms with van der Waals surface area (Å²) >= 11 is 11.9. The largest absolute Gasteiger partial charge is 0.480 e. The molecule has 1 N–H and O–H groups in total. The van der Waals surface area contributed by atoms with E-state index >= 15 is 0 Å². The standard InChI is InChI=1S/C12H12Cl2O2/c1-7-3-4-9(5-8(7)2)11(10(15)16)6-12(11,13)14/h3-5H,6H2,1-2H3,(H,15,16). The second-order valence-corrected chi connectivity index (χ2v) is 5.87. The molecular weight excluding hydrogens is 247 g/mol. The molecule has 1 saturated carbocycles. The molecule has 0 saturated heterocycles. The molecule has 0 radical (unpaired) electrons. The Morgan fingerprint density at radius 3 is 2.25 bits per heavy atom. The van der Waals surface area contributed by atoms with Gasteiger partial charge in [-0.05, 0) is 30.5 Å². The number of carboxylic acids is 1. The summed E-state index contributed by atoms with van der Waals surface area (Å²) in [6, 6.07) is 5.55. The zero-order valence-corrected chi connectivity index (χ0v) is 10.6.